The van der Waals surface area contributed by atoms with E-state index in [1.165, 1.54) is 11.3 Å². The van der Waals surface area contributed by atoms with E-state index < -0.39 is 9.84 Å². The third kappa shape index (κ3) is 4.78. The molecule has 128 valence electrons. The van der Waals surface area contributed by atoms with Gasteiger partial charge >= 0.3 is 0 Å². The zero-order valence-corrected chi connectivity index (χ0v) is 15.3. The van der Waals surface area contributed by atoms with E-state index in [0.717, 1.165) is 16.9 Å². The van der Waals surface area contributed by atoms with Crippen LogP contribution in [-0.2, 0) is 21.1 Å². The monoisotopic (exact) mass is 384 g/mol. The number of nitrogens with zero attached hydrogens (tertiary/aromatic N) is 1. The van der Waals surface area contributed by atoms with Crippen molar-refractivity contribution in [2.75, 3.05) is 16.8 Å². The summed E-state index contributed by atoms with van der Waals surface area (Å²) in [4.78, 5) is 17.3. The molecule has 8 heteroatoms. The van der Waals surface area contributed by atoms with Crippen LogP contribution in [0.3, 0.4) is 0 Å². The molecule has 1 aromatic heterocycles. The molecule has 2 heterocycles. The second-order valence-corrected chi connectivity index (χ2v) is 9.74. The van der Waals surface area contributed by atoms with Crippen molar-refractivity contribution in [3.63, 3.8) is 0 Å². The maximum atomic E-state index is 12.0. The molecule has 1 atom stereocenters. The Morgan fingerprint density at radius 3 is 2.75 bits per heavy atom. The molecule has 1 amide bonds. The second-order valence-electron chi connectivity index (χ2n) is 5.96. The zero-order chi connectivity index (χ0) is 17.2. The maximum Gasteiger partial charge on any atom is 0.226 e. The third-order valence-electron chi connectivity index (χ3n) is 3.89. The van der Waals surface area contributed by atoms with Gasteiger partial charge in [-0.25, -0.2) is 13.4 Å². The molecular formula is C16H17ClN2O3S2. The number of carbonyl (C=O) groups is 1. The van der Waals surface area contributed by atoms with Crippen LogP contribution in [0.15, 0.2) is 30.5 Å². The average molecular weight is 385 g/mol. The maximum absolute atomic E-state index is 12.0. The number of carbonyl (C=O) groups excluding carboxylic acids is 1. The quantitative estimate of drug-likeness (QED) is 0.859. The van der Waals surface area contributed by atoms with Gasteiger partial charge in [0.15, 0.2) is 15.0 Å². The first-order valence-corrected chi connectivity index (χ1v) is 10.6. The van der Waals surface area contributed by atoms with Crippen molar-refractivity contribution in [1.82, 2.24) is 4.98 Å². The van der Waals surface area contributed by atoms with Gasteiger partial charge in [-0.1, -0.05) is 23.7 Å². The van der Waals surface area contributed by atoms with E-state index in [0.29, 0.717) is 16.6 Å². The first-order chi connectivity index (χ1) is 11.4. The summed E-state index contributed by atoms with van der Waals surface area (Å²) >= 11 is 7.29. The molecular weight excluding hydrogens is 368 g/mol. The number of benzene rings is 1. The number of nitrogens with one attached hydrogen (secondary N) is 1. The number of thiazole rings is 1. The Morgan fingerprint density at radius 1 is 1.33 bits per heavy atom. The summed E-state index contributed by atoms with van der Waals surface area (Å²) in [5.41, 5.74) is 1.12. The Hall–Kier alpha value is -1.44. The molecule has 0 saturated carbocycles. The molecule has 1 N–H and O–H groups in total. The van der Waals surface area contributed by atoms with Crippen LogP contribution in [0.5, 0.6) is 0 Å². The molecule has 5 nitrogen and oxygen atoms in total. The third-order valence-corrected chi connectivity index (χ3v) is 6.89. The largest absolute Gasteiger partial charge is 0.302 e. The molecule has 1 fully saturated rings. The number of hydrogen-bond acceptors (Lipinski definition) is 5. The number of hydrogen-bond donors (Lipinski definition) is 1. The number of halogens is 1. The number of rotatable bonds is 5. The Balaban J connectivity index is 1.54. The Bertz CT molecular complexity index is 831. The summed E-state index contributed by atoms with van der Waals surface area (Å²) in [6, 6.07) is 7.61. The van der Waals surface area contributed by atoms with Crippen LogP contribution >= 0.6 is 22.9 Å². The second kappa shape index (κ2) is 7.21. The summed E-state index contributed by atoms with van der Waals surface area (Å²) in [6.07, 6.45) is 3.27. The first kappa shape index (κ1) is 17.4. The lowest BCUT2D eigenvalue weighted by Gasteiger charge is -2.06. The summed E-state index contributed by atoms with van der Waals surface area (Å²) < 4.78 is 22.9. The fourth-order valence-corrected chi connectivity index (χ4v) is 5.57. The highest BCUT2D eigenvalue weighted by molar-refractivity contribution is 7.91. The van der Waals surface area contributed by atoms with Crippen molar-refractivity contribution in [2.45, 2.75) is 19.3 Å². The van der Waals surface area contributed by atoms with Crippen LogP contribution in [0.25, 0.3) is 0 Å². The highest BCUT2D eigenvalue weighted by atomic mass is 35.5. The summed E-state index contributed by atoms with van der Waals surface area (Å²) in [7, 11) is -2.95. The van der Waals surface area contributed by atoms with Crippen molar-refractivity contribution >= 4 is 43.8 Å². The number of sulfone groups is 1. The van der Waals surface area contributed by atoms with Gasteiger partial charge in [0.25, 0.3) is 0 Å². The van der Waals surface area contributed by atoms with Crippen LogP contribution in [0.2, 0.25) is 5.02 Å². The summed E-state index contributed by atoms with van der Waals surface area (Å²) in [5, 5.41) is 4.01. The molecule has 0 spiro atoms. The topological polar surface area (TPSA) is 76.1 Å². The molecule has 0 radical (unpaired) electrons. The highest BCUT2D eigenvalue weighted by Gasteiger charge is 2.29. The predicted molar refractivity (Wildman–Crippen MR) is 96.4 cm³/mol. The molecule has 1 aromatic carbocycles. The van der Waals surface area contributed by atoms with Gasteiger partial charge in [0, 0.05) is 28.9 Å². The predicted octanol–water partition coefficient (Wildman–Crippen LogP) is 3.15. The van der Waals surface area contributed by atoms with Gasteiger partial charge in [-0.3, -0.25) is 4.79 Å². The molecule has 0 aliphatic carbocycles. The van der Waals surface area contributed by atoms with Gasteiger partial charge in [0.05, 0.1) is 11.5 Å². The van der Waals surface area contributed by atoms with Crippen LogP contribution < -0.4 is 5.32 Å². The van der Waals surface area contributed by atoms with Crippen molar-refractivity contribution in [1.29, 1.82) is 0 Å². The zero-order valence-electron chi connectivity index (χ0n) is 12.9. The normalized spacial score (nSPS) is 19.3. The minimum Gasteiger partial charge on any atom is -0.302 e. The molecule has 1 unspecified atom stereocenters. The highest BCUT2D eigenvalue weighted by Crippen LogP contribution is 2.24. The molecule has 24 heavy (non-hydrogen) atoms. The Morgan fingerprint density at radius 2 is 2.08 bits per heavy atom. The fourth-order valence-electron chi connectivity index (χ4n) is 2.72. The van der Waals surface area contributed by atoms with E-state index in [4.69, 9.17) is 11.6 Å². The van der Waals surface area contributed by atoms with E-state index >= 15 is 0 Å². The minimum atomic E-state index is -2.95. The van der Waals surface area contributed by atoms with Crippen molar-refractivity contribution in [2.24, 2.45) is 5.92 Å². The van der Waals surface area contributed by atoms with Crippen molar-refractivity contribution in [3.8, 4) is 0 Å². The first-order valence-electron chi connectivity index (χ1n) is 7.59. The number of amides is 1. The molecule has 0 bridgehead atoms. The van der Waals surface area contributed by atoms with Crippen LogP contribution in [0.4, 0.5) is 5.13 Å². The molecule has 3 rings (SSSR count). The SMILES string of the molecule is O=C(CC1CCS(=O)(=O)C1)Nc1ncc(Cc2ccc(Cl)cc2)s1. The summed E-state index contributed by atoms with van der Waals surface area (Å²) in [6.45, 7) is 0. The van der Waals surface area contributed by atoms with E-state index in [1.54, 1.807) is 6.20 Å². The van der Waals surface area contributed by atoms with Gasteiger partial charge < -0.3 is 5.32 Å². The number of anilines is 1. The van der Waals surface area contributed by atoms with Crippen LogP contribution in [-0.4, -0.2) is 30.8 Å². The Kier molecular flexibility index (Phi) is 5.22. The van der Waals surface area contributed by atoms with Gasteiger partial charge in [-0.05, 0) is 30.0 Å². The molecule has 1 saturated heterocycles. The van der Waals surface area contributed by atoms with Crippen molar-refractivity contribution < 1.29 is 13.2 Å². The molecule has 1 aliphatic heterocycles. The minimum absolute atomic E-state index is 0.0801. The van der Waals surface area contributed by atoms with E-state index in [1.807, 2.05) is 24.3 Å². The van der Waals surface area contributed by atoms with Gasteiger partial charge in [-0.15, -0.1) is 11.3 Å². The van der Waals surface area contributed by atoms with E-state index in [2.05, 4.69) is 10.3 Å². The molecule has 1 aliphatic rings. The fraction of sp³-hybridized carbons (Fsp3) is 0.375. The summed E-state index contributed by atoms with van der Waals surface area (Å²) in [5.74, 6) is 0.0427. The lowest BCUT2D eigenvalue weighted by atomic mass is 10.1. The van der Waals surface area contributed by atoms with Gasteiger partial charge in [-0.2, -0.15) is 0 Å². The van der Waals surface area contributed by atoms with Gasteiger partial charge in [0.2, 0.25) is 5.91 Å². The van der Waals surface area contributed by atoms with E-state index in [-0.39, 0.29) is 29.8 Å². The average Bonchev–Trinajstić information content (AvgIpc) is 3.07. The van der Waals surface area contributed by atoms with Crippen LogP contribution in [0.1, 0.15) is 23.3 Å². The lowest BCUT2D eigenvalue weighted by Crippen LogP contribution is -2.17. The van der Waals surface area contributed by atoms with Gasteiger partial charge in [0.1, 0.15) is 0 Å². The smallest absolute Gasteiger partial charge is 0.226 e. The van der Waals surface area contributed by atoms with Crippen molar-refractivity contribution in [3.05, 3.63) is 45.9 Å². The molecule has 2 aromatic rings. The Labute approximate surface area is 150 Å². The van der Waals surface area contributed by atoms with E-state index in [9.17, 15) is 13.2 Å². The van der Waals surface area contributed by atoms with Crippen LogP contribution in [0, 0.1) is 5.92 Å². The number of aromatic nitrogens is 1. The standard InChI is InChI=1S/C16H17ClN2O3S2/c17-13-3-1-11(2-4-13)7-14-9-18-16(23-14)19-15(20)8-12-5-6-24(21,22)10-12/h1-4,9,12H,5-8,10H2,(H,18,19,20). The lowest BCUT2D eigenvalue weighted by molar-refractivity contribution is -0.116.